The molecule has 0 atom stereocenters. The topological polar surface area (TPSA) is 41.1 Å². The highest BCUT2D eigenvalue weighted by molar-refractivity contribution is 7.98. The van der Waals surface area contributed by atoms with Crippen LogP contribution in [0.1, 0.15) is 26.2 Å². The van der Waals surface area contributed by atoms with Crippen molar-refractivity contribution >= 4 is 40.6 Å². The van der Waals surface area contributed by atoms with Gasteiger partial charge in [-0.15, -0.1) is 0 Å². The minimum atomic E-state index is 0.00763. The van der Waals surface area contributed by atoms with Crippen LogP contribution in [0.15, 0.2) is 18.2 Å². The number of unbranched alkanes of at least 4 members (excludes halogenated alkanes) is 1. The largest absolute Gasteiger partial charge is 0.384 e. The molecular formula is C14H21ClN2OS. The first-order valence-corrected chi connectivity index (χ1v) is 8.26. The zero-order chi connectivity index (χ0) is 14.1. The van der Waals surface area contributed by atoms with Gasteiger partial charge < -0.3 is 10.6 Å². The molecule has 0 unspecified atom stereocenters. The normalized spacial score (nSPS) is 10.3. The minimum absolute atomic E-state index is 0.00763. The number of hydrogen-bond donors (Lipinski definition) is 2. The summed E-state index contributed by atoms with van der Waals surface area (Å²) in [6.07, 6.45) is 4.89. The Bertz CT molecular complexity index is 412. The molecule has 0 aliphatic carbocycles. The van der Waals surface area contributed by atoms with Crippen molar-refractivity contribution in [3.8, 4) is 0 Å². The van der Waals surface area contributed by atoms with E-state index >= 15 is 0 Å². The summed E-state index contributed by atoms with van der Waals surface area (Å²) < 4.78 is 0. The van der Waals surface area contributed by atoms with E-state index in [1.54, 1.807) is 6.07 Å². The lowest BCUT2D eigenvalue weighted by Gasteiger charge is -2.11. The number of anilines is 2. The van der Waals surface area contributed by atoms with Crippen molar-refractivity contribution in [2.75, 3.05) is 29.2 Å². The van der Waals surface area contributed by atoms with Gasteiger partial charge in [-0.2, -0.15) is 11.8 Å². The Hall–Kier alpha value is -0.870. The fourth-order valence-corrected chi connectivity index (χ4v) is 2.26. The highest BCUT2D eigenvalue weighted by Crippen LogP contribution is 2.25. The van der Waals surface area contributed by atoms with Gasteiger partial charge in [-0.05, 0) is 43.0 Å². The smallest absolute Gasteiger partial charge is 0.224 e. The number of thioether (sulfide) groups is 1. The molecule has 0 fully saturated rings. The molecule has 0 aliphatic heterocycles. The van der Waals surface area contributed by atoms with Crippen LogP contribution < -0.4 is 10.6 Å². The van der Waals surface area contributed by atoms with Crippen LogP contribution in [0.5, 0.6) is 0 Å². The maximum atomic E-state index is 11.3. The number of amides is 1. The highest BCUT2D eigenvalue weighted by Gasteiger charge is 2.04. The van der Waals surface area contributed by atoms with Crippen molar-refractivity contribution < 1.29 is 4.79 Å². The Morgan fingerprint density at radius 2 is 2.16 bits per heavy atom. The van der Waals surface area contributed by atoms with Crippen molar-refractivity contribution in [1.29, 1.82) is 0 Å². The summed E-state index contributed by atoms with van der Waals surface area (Å²) in [5.74, 6) is 1.19. The first-order valence-electron chi connectivity index (χ1n) is 6.49. The number of carbonyl (C=O) groups is 1. The Morgan fingerprint density at radius 3 is 2.84 bits per heavy atom. The molecular weight excluding hydrogens is 280 g/mol. The molecule has 0 saturated carbocycles. The molecule has 2 N–H and O–H groups in total. The van der Waals surface area contributed by atoms with Crippen LogP contribution in [0, 0.1) is 0 Å². The number of halogens is 1. The third-order valence-electron chi connectivity index (χ3n) is 2.66. The van der Waals surface area contributed by atoms with E-state index in [0.717, 1.165) is 24.3 Å². The standard InChI is InChI=1S/C14H21ClN2OS/c1-3-14(18)17-11-6-7-12(15)13(10-11)16-8-4-5-9-19-2/h6-7,10,16H,3-5,8-9H2,1-2H3,(H,17,18). The summed E-state index contributed by atoms with van der Waals surface area (Å²) in [6.45, 7) is 2.72. The average Bonchev–Trinajstić information content (AvgIpc) is 2.41. The van der Waals surface area contributed by atoms with Crippen LogP contribution in [0.25, 0.3) is 0 Å². The van der Waals surface area contributed by atoms with Gasteiger partial charge in [-0.1, -0.05) is 18.5 Å². The van der Waals surface area contributed by atoms with E-state index in [-0.39, 0.29) is 5.91 Å². The predicted octanol–water partition coefficient (Wildman–Crippen LogP) is 4.24. The molecule has 5 heteroatoms. The third kappa shape index (κ3) is 6.21. The second kappa shape index (κ2) is 9.10. The molecule has 1 rings (SSSR count). The van der Waals surface area contributed by atoms with Crippen molar-refractivity contribution in [3.05, 3.63) is 23.2 Å². The van der Waals surface area contributed by atoms with Crippen LogP contribution in [0.3, 0.4) is 0 Å². The minimum Gasteiger partial charge on any atom is -0.384 e. The molecule has 0 spiro atoms. The van der Waals surface area contributed by atoms with Gasteiger partial charge >= 0.3 is 0 Å². The van der Waals surface area contributed by atoms with E-state index < -0.39 is 0 Å². The maximum Gasteiger partial charge on any atom is 0.224 e. The zero-order valence-electron chi connectivity index (χ0n) is 11.5. The number of nitrogens with one attached hydrogen (secondary N) is 2. The van der Waals surface area contributed by atoms with Gasteiger partial charge in [0.05, 0.1) is 10.7 Å². The van der Waals surface area contributed by atoms with Gasteiger partial charge in [0.1, 0.15) is 0 Å². The van der Waals surface area contributed by atoms with Gasteiger partial charge in [0, 0.05) is 18.7 Å². The summed E-state index contributed by atoms with van der Waals surface area (Å²) in [5, 5.41) is 6.82. The van der Waals surface area contributed by atoms with Gasteiger partial charge in [0.2, 0.25) is 5.91 Å². The van der Waals surface area contributed by atoms with E-state index in [9.17, 15) is 4.79 Å². The number of hydrogen-bond acceptors (Lipinski definition) is 3. The zero-order valence-corrected chi connectivity index (χ0v) is 13.0. The number of carbonyl (C=O) groups excluding carboxylic acids is 1. The molecule has 0 aromatic heterocycles. The van der Waals surface area contributed by atoms with E-state index in [2.05, 4.69) is 16.9 Å². The lowest BCUT2D eigenvalue weighted by Crippen LogP contribution is -2.10. The summed E-state index contributed by atoms with van der Waals surface area (Å²) in [6, 6.07) is 5.50. The van der Waals surface area contributed by atoms with Crippen molar-refractivity contribution in [2.45, 2.75) is 26.2 Å². The van der Waals surface area contributed by atoms with E-state index in [4.69, 9.17) is 11.6 Å². The summed E-state index contributed by atoms with van der Waals surface area (Å²) in [5.41, 5.74) is 1.66. The predicted molar refractivity (Wildman–Crippen MR) is 86.5 cm³/mol. The lowest BCUT2D eigenvalue weighted by atomic mass is 10.2. The molecule has 0 bridgehead atoms. The van der Waals surface area contributed by atoms with Crippen molar-refractivity contribution in [1.82, 2.24) is 0 Å². The molecule has 0 heterocycles. The molecule has 0 saturated heterocycles. The van der Waals surface area contributed by atoms with Crippen LogP contribution in [0.4, 0.5) is 11.4 Å². The molecule has 0 aliphatic rings. The van der Waals surface area contributed by atoms with Crippen LogP contribution >= 0.6 is 23.4 Å². The highest BCUT2D eigenvalue weighted by atomic mass is 35.5. The summed E-state index contributed by atoms with van der Waals surface area (Å²) in [4.78, 5) is 11.3. The monoisotopic (exact) mass is 300 g/mol. The SMILES string of the molecule is CCC(=O)Nc1ccc(Cl)c(NCCCCSC)c1. The molecule has 106 valence electrons. The summed E-state index contributed by atoms with van der Waals surface area (Å²) >= 11 is 7.99. The second-order valence-corrected chi connectivity index (χ2v) is 5.62. The number of benzene rings is 1. The Balaban J connectivity index is 2.51. The Labute approximate surface area is 124 Å². The lowest BCUT2D eigenvalue weighted by molar-refractivity contribution is -0.115. The summed E-state index contributed by atoms with van der Waals surface area (Å²) in [7, 11) is 0. The first-order chi connectivity index (χ1) is 9.17. The van der Waals surface area contributed by atoms with Gasteiger partial charge in [-0.25, -0.2) is 0 Å². The Morgan fingerprint density at radius 1 is 1.37 bits per heavy atom. The fourth-order valence-electron chi connectivity index (χ4n) is 1.58. The third-order valence-corrected chi connectivity index (χ3v) is 3.69. The maximum absolute atomic E-state index is 11.3. The molecule has 1 amide bonds. The van der Waals surface area contributed by atoms with Crippen LogP contribution in [-0.2, 0) is 4.79 Å². The molecule has 0 radical (unpaired) electrons. The fraction of sp³-hybridized carbons (Fsp3) is 0.500. The van der Waals surface area contributed by atoms with Gasteiger partial charge in [-0.3, -0.25) is 4.79 Å². The van der Waals surface area contributed by atoms with E-state index in [0.29, 0.717) is 11.4 Å². The number of rotatable bonds is 8. The Kier molecular flexibility index (Phi) is 7.75. The second-order valence-electron chi connectivity index (χ2n) is 4.22. The van der Waals surface area contributed by atoms with Crippen molar-refractivity contribution in [3.63, 3.8) is 0 Å². The average molecular weight is 301 g/mol. The molecule has 19 heavy (non-hydrogen) atoms. The van der Waals surface area contributed by atoms with Gasteiger partial charge in [0.25, 0.3) is 0 Å². The molecule has 1 aromatic carbocycles. The molecule has 3 nitrogen and oxygen atoms in total. The van der Waals surface area contributed by atoms with Crippen LogP contribution in [-0.4, -0.2) is 24.5 Å². The van der Waals surface area contributed by atoms with Gasteiger partial charge in [0.15, 0.2) is 0 Å². The quantitative estimate of drug-likeness (QED) is 0.705. The van der Waals surface area contributed by atoms with E-state index in [1.807, 2.05) is 30.8 Å². The molecule has 1 aromatic rings. The first kappa shape index (κ1) is 16.2. The van der Waals surface area contributed by atoms with E-state index in [1.165, 1.54) is 12.2 Å². The van der Waals surface area contributed by atoms with Crippen molar-refractivity contribution in [2.24, 2.45) is 0 Å². The van der Waals surface area contributed by atoms with Crippen LogP contribution in [0.2, 0.25) is 5.02 Å².